The number of anilines is 1. The van der Waals surface area contributed by atoms with Crippen LogP contribution < -0.4 is 19.5 Å². The summed E-state index contributed by atoms with van der Waals surface area (Å²) in [5.41, 5.74) is 1.03. The third-order valence-corrected chi connectivity index (χ3v) is 4.57. The number of hydrogen-bond donors (Lipinski definition) is 2. The fourth-order valence-electron chi connectivity index (χ4n) is 3.20. The number of nitrogens with one attached hydrogen (secondary N) is 1. The number of carboxylic acids is 1. The minimum Gasteiger partial charge on any atom is -0.490 e. The van der Waals surface area contributed by atoms with Gasteiger partial charge in [0.2, 0.25) is 0 Å². The third-order valence-electron chi connectivity index (χ3n) is 4.57. The zero-order valence-electron chi connectivity index (χ0n) is 16.3. The lowest BCUT2D eigenvalue weighted by Gasteiger charge is -2.14. The zero-order valence-corrected chi connectivity index (χ0v) is 16.3. The van der Waals surface area contributed by atoms with Gasteiger partial charge in [-0.15, -0.1) is 0 Å². The Labute approximate surface area is 169 Å². The third kappa shape index (κ3) is 5.88. The maximum atomic E-state index is 12.6. The monoisotopic (exact) mass is 399 g/mol. The molecule has 0 radical (unpaired) electrons. The number of carbonyl (C=O) groups excluding carboxylic acids is 1. The Morgan fingerprint density at radius 3 is 2.41 bits per heavy atom. The van der Waals surface area contributed by atoms with Crippen LogP contribution >= 0.6 is 0 Å². The van der Waals surface area contributed by atoms with Crippen LogP contribution in [0.4, 0.5) is 5.69 Å². The first-order chi connectivity index (χ1) is 14.0. The van der Waals surface area contributed by atoms with E-state index in [1.807, 2.05) is 12.1 Å². The van der Waals surface area contributed by atoms with Gasteiger partial charge in [0.1, 0.15) is 5.75 Å². The van der Waals surface area contributed by atoms with E-state index in [0.717, 1.165) is 18.6 Å². The van der Waals surface area contributed by atoms with Crippen LogP contribution in [-0.2, 0) is 4.79 Å². The maximum absolute atomic E-state index is 12.6. The van der Waals surface area contributed by atoms with Crippen molar-refractivity contribution in [1.29, 1.82) is 0 Å². The average molecular weight is 399 g/mol. The largest absolute Gasteiger partial charge is 0.490 e. The molecule has 3 rings (SSSR count). The number of rotatable bonds is 9. The first-order valence-electron chi connectivity index (χ1n) is 9.74. The molecule has 0 aromatic heterocycles. The van der Waals surface area contributed by atoms with Crippen molar-refractivity contribution in [3.05, 3.63) is 48.0 Å². The second kappa shape index (κ2) is 9.82. The summed E-state index contributed by atoms with van der Waals surface area (Å²) < 4.78 is 16.6. The van der Waals surface area contributed by atoms with E-state index in [0.29, 0.717) is 23.6 Å². The molecule has 1 aliphatic rings. The molecule has 2 N–H and O–H groups in total. The van der Waals surface area contributed by atoms with Crippen molar-refractivity contribution in [2.75, 3.05) is 18.5 Å². The molecule has 7 nitrogen and oxygen atoms in total. The molecule has 1 saturated carbocycles. The fourth-order valence-corrected chi connectivity index (χ4v) is 3.20. The van der Waals surface area contributed by atoms with Crippen molar-refractivity contribution >= 4 is 17.6 Å². The number of ether oxygens (including phenoxy) is 3. The first-order valence-corrected chi connectivity index (χ1v) is 9.74. The molecule has 0 heterocycles. The number of benzene rings is 2. The highest BCUT2D eigenvalue weighted by Gasteiger charge is 2.17. The van der Waals surface area contributed by atoms with Crippen molar-refractivity contribution in [1.82, 2.24) is 0 Å². The van der Waals surface area contributed by atoms with Crippen LogP contribution in [0, 0.1) is 0 Å². The molecule has 0 bridgehead atoms. The topological polar surface area (TPSA) is 94.1 Å². The second-order valence-electron chi connectivity index (χ2n) is 6.78. The van der Waals surface area contributed by atoms with Crippen LogP contribution in [-0.4, -0.2) is 36.3 Å². The Kier molecular flexibility index (Phi) is 6.94. The highest BCUT2D eigenvalue weighted by molar-refractivity contribution is 6.04. The lowest BCUT2D eigenvalue weighted by molar-refractivity contribution is -0.139. The van der Waals surface area contributed by atoms with Gasteiger partial charge in [-0.3, -0.25) is 4.79 Å². The van der Waals surface area contributed by atoms with Crippen molar-refractivity contribution in [3.63, 3.8) is 0 Å². The Balaban J connectivity index is 1.64. The molecule has 7 heteroatoms. The molecule has 154 valence electrons. The van der Waals surface area contributed by atoms with E-state index in [1.165, 1.54) is 25.0 Å². The molecule has 2 aromatic carbocycles. The minimum atomic E-state index is -1.09. The Hall–Kier alpha value is -3.22. The summed E-state index contributed by atoms with van der Waals surface area (Å²) in [6.45, 7) is 1.67. The molecular formula is C22H25NO6. The minimum absolute atomic E-state index is 0.277. The highest BCUT2D eigenvalue weighted by Crippen LogP contribution is 2.29. The summed E-state index contributed by atoms with van der Waals surface area (Å²) in [5, 5.41) is 11.6. The summed E-state index contributed by atoms with van der Waals surface area (Å²) >= 11 is 0. The van der Waals surface area contributed by atoms with E-state index in [2.05, 4.69) is 5.32 Å². The number of amides is 1. The van der Waals surface area contributed by atoms with E-state index < -0.39 is 12.6 Å². The summed E-state index contributed by atoms with van der Waals surface area (Å²) in [6.07, 6.45) is 4.89. The standard InChI is InChI=1S/C22H25NO6/c1-2-27-20-13-15(7-12-19(20)28-14-21(24)25)22(26)23-16-8-10-18(11-9-16)29-17-5-3-4-6-17/h7-13,17H,2-6,14H2,1H3,(H,23,26)(H,24,25). The van der Waals surface area contributed by atoms with E-state index in [-0.39, 0.29) is 17.8 Å². The van der Waals surface area contributed by atoms with E-state index in [1.54, 1.807) is 25.1 Å². The summed E-state index contributed by atoms with van der Waals surface area (Å²) in [5.74, 6) is 0.00390. The van der Waals surface area contributed by atoms with Gasteiger partial charge in [-0.1, -0.05) is 0 Å². The van der Waals surface area contributed by atoms with Crippen molar-refractivity contribution < 1.29 is 28.9 Å². The van der Waals surface area contributed by atoms with Crippen LogP contribution in [0.2, 0.25) is 0 Å². The molecule has 0 spiro atoms. The van der Waals surface area contributed by atoms with Crippen LogP contribution in [0.1, 0.15) is 43.0 Å². The molecule has 1 fully saturated rings. The predicted octanol–water partition coefficient (Wildman–Crippen LogP) is 4.12. The maximum Gasteiger partial charge on any atom is 0.341 e. The quantitative estimate of drug-likeness (QED) is 0.659. The van der Waals surface area contributed by atoms with Gasteiger partial charge in [0.05, 0.1) is 12.7 Å². The molecule has 0 aliphatic heterocycles. The Morgan fingerprint density at radius 2 is 1.76 bits per heavy atom. The van der Waals surface area contributed by atoms with Crippen molar-refractivity contribution in [3.8, 4) is 17.2 Å². The molecule has 2 aromatic rings. The number of hydrogen-bond acceptors (Lipinski definition) is 5. The van der Waals surface area contributed by atoms with Gasteiger partial charge < -0.3 is 24.6 Å². The molecule has 29 heavy (non-hydrogen) atoms. The molecule has 0 saturated heterocycles. The van der Waals surface area contributed by atoms with E-state index in [4.69, 9.17) is 19.3 Å². The van der Waals surface area contributed by atoms with Crippen molar-refractivity contribution in [2.24, 2.45) is 0 Å². The van der Waals surface area contributed by atoms with E-state index >= 15 is 0 Å². The van der Waals surface area contributed by atoms with Gasteiger partial charge in [-0.25, -0.2) is 4.79 Å². The van der Waals surface area contributed by atoms with Crippen LogP contribution in [0.25, 0.3) is 0 Å². The van der Waals surface area contributed by atoms with Gasteiger partial charge in [-0.05, 0) is 75.1 Å². The lowest BCUT2D eigenvalue weighted by atomic mass is 10.1. The Morgan fingerprint density at radius 1 is 1.03 bits per heavy atom. The fraction of sp³-hybridized carbons (Fsp3) is 0.364. The number of aliphatic carboxylic acids is 1. The van der Waals surface area contributed by atoms with Gasteiger partial charge in [0.25, 0.3) is 5.91 Å². The van der Waals surface area contributed by atoms with Crippen LogP contribution in [0.15, 0.2) is 42.5 Å². The Bertz CT molecular complexity index is 843. The average Bonchev–Trinajstić information content (AvgIpc) is 3.21. The zero-order chi connectivity index (χ0) is 20.6. The predicted molar refractivity (Wildman–Crippen MR) is 108 cm³/mol. The van der Waals surface area contributed by atoms with Gasteiger partial charge >= 0.3 is 5.97 Å². The van der Waals surface area contributed by atoms with Gasteiger partial charge in [-0.2, -0.15) is 0 Å². The number of carboxylic acid groups (broad SMARTS) is 1. The first kappa shape index (κ1) is 20.5. The normalized spacial score (nSPS) is 13.7. The van der Waals surface area contributed by atoms with Gasteiger partial charge in [0, 0.05) is 11.3 Å². The summed E-state index contributed by atoms with van der Waals surface area (Å²) in [6, 6.07) is 11.9. The highest BCUT2D eigenvalue weighted by atomic mass is 16.5. The molecule has 1 aliphatic carbocycles. The van der Waals surface area contributed by atoms with Crippen LogP contribution in [0.5, 0.6) is 17.2 Å². The summed E-state index contributed by atoms with van der Waals surface area (Å²) in [4.78, 5) is 23.3. The molecule has 1 amide bonds. The molecule has 0 unspecified atom stereocenters. The van der Waals surface area contributed by atoms with E-state index in [9.17, 15) is 9.59 Å². The smallest absolute Gasteiger partial charge is 0.341 e. The summed E-state index contributed by atoms with van der Waals surface area (Å²) in [7, 11) is 0. The molecule has 0 atom stereocenters. The lowest BCUT2D eigenvalue weighted by Crippen LogP contribution is -2.14. The van der Waals surface area contributed by atoms with Gasteiger partial charge in [0.15, 0.2) is 18.1 Å². The number of carbonyl (C=O) groups is 2. The SMILES string of the molecule is CCOc1cc(C(=O)Nc2ccc(OC3CCCC3)cc2)ccc1OCC(=O)O. The van der Waals surface area contributed by atoms with Crippen LogP contribution in [0.3, 0.4) is 0 Å². The van der Waals surface area contributed by atoms with Crippen molar-refractivity contribution in [2.45, 2.75) is 38.7 Å². The second-order valence-corrected chi connectivity index (χ2v) is 6.78. The molecular weight excluding hydrogens is 374 g/mol.